The van der Waals surface area contributed by atoms with Crippen molar-refractivity contribution in [3.8, 4) is 0 Å². The summed E-state index contributed by atoms with van der Waals surface area (Å²) in [6.45, 7) is 0.555. The van der Waals surface area contributed by atoms with Crippen LogP contribution in [0.15, 0.2) is 28.6 Å². The minimum atomic E-state index is 0.393. The average molecular weight is 242 g/mol. The molecule has 1 heterocycles. The maximum atomic E-state index is 10.1. The number of aliphatic imine (C=N–C) groups is 1. The van der Waals surface area contributed by atoms with Crippen LogP contribution in [0.1, 0.15) is 5.56 Å². The van der Waals surface area contributed by atoms with E-state index in [-0.39, 0.29) is 0 Å². The third-order valence-electron chi connectivity index (χ3n) is 1.93. The van der Waals surface area contributed by atoms with Gasteiger partial charge in [-0.15, -0.1) is 4.91 Å². The summed E-state index contributed by atoms with van der Waals surface area (Å²) in [6, 6.07) is 3.56. The second-order valence-corrected chi connectivity index (χ2v) is 3.48. The Morgan fingerprint density at radius 1 is 1.62 bits per heavy atom. The standard InChI is InChI=1S/C9H12ClN5O/c1-11-9(13-14-16)15(2)6-7-3-4-8(10)12-5-7/h3-5H,6H2,1-2H3,(H,11,13,16). The number of nitrogens with zero attached hydrogens (tertiary/aromatic N) is 4. The zero-order valence-corrected chi connectivity index (χ0v) is 9.77. The van der Waals surface area contributed by atoms with Gasteiger partial charge in [0, 0.05) is 26.8 Å². The lowest BCUT2D eigenvalue weighted by Gasteiger charge is -2.18. The van der Waals surface area contributed by atoms with Gasteiger partial charge in [0.1, 0.15) is 5.15 Å². The molecule has 0 aliphatic rings. The molecule has 0 fully saturated rings. The highest BCUT2D eigenvalue weighted by atomic mass is 35.5. The number of hydrogen-bond acceptors (Lipinski definition) is 4. The summed E-state index contributed by atoms with van der Waals surface area (Å²) in [5.41, 5.74) is 3.22. The van der Waals surface area contributed by atoms with Crippen molar-refractivity contribution in [2.24, 2.45) is 10.3 Å². The van der Waals surface area contributed by atoms with Crippen LogP contribution in [-0.4, -0.2) is 29.9 Å². The molecule has 86 valence electrons. The Bertz CT molecular complexity index is 378. The van der Waals surface area contributed by atoms with Gasteiger partial charge in [0.2, 0.25) is 5.96 Å². The molecule has 0 aliphatic carbocycles. The number of aromatic nitrogens is 1. The van der Waals surface area contributed by atoms with Gasteiger partial charge >= 0.3 is 0 Å². The number of nitroso groups, excluding NO2 is 1. The normalized spacial score (nSPS) is 11.1. The minimum Gasteiger partial charge on any atom is -0.340 e. The molecule has 0 saturated carbocycles. The molecule has 0 amide bonds. The molecule has 0 bridgehead atoms. The van der Waals surface area contributed by atoms with Crippen LogP contribution in [0.5, 0.6) is 0 Å². The number of guanidine groups is 1. The van der Waals surface area contributed by atoms with E-state index in [9.17, 15) is 4.91 Å². The van der Waals surface area contributed by atoms with Crippen molar-refractivity contribution in [3.63, 3.8) is 0 Å². The molecule has 1 rings (SSSR count). The van der Waals surface area contributed by atoms with Gasteiger partial charge in [-0.25, -0.2) is 10.4 Å². The summed E-state index contributed by atoms with van der Waals surface area (Å²) in [5, 5.41) is 3.02. The average Bonchev–Trinajstić information content (AvgIpc) is 2.29. The molecule has 1 N–H and O–H groups in total. The summed E-state index contributed by atoms with van der Waals surface area (Å²) >= 11 is 5.67. The monoisotopic (exact) mass is 241 g/mol. The summed E-state index contributed by atoms with van der Waals surface area (Å²) in [6.07, 6.45) is 1.67. The SMILES string of the molecule is CN=C(NN=O)N(C)Cc1ccc(Cl)nc1. The van der Waals surface area contributed by atoms with E-state index in [4.69, 9.17) is 11.6 Å². The van der Waals surface area contributed by atoms with Crippen molar-refractivity contribution in [1.82, 2.24) is 15.3 Å². The first-order valence-electron chi connectivity index (χ1n) is 4.54. The molecule has 1 aromatic heterocycles. The van der Waals surface area contributed by atoms with Crippen LogP contribution in [0, 0.1) is 4.91 Å². The maximum Gasteiger partial charge on any atom is 0.217 e. The van der Waals surface area contributed by atoms with Crippen molar-refractivity contribution in [3.05, 3.63) is 34.0 Å². The van der Waals surface area contributed by atoms with Crippen LogP contribution < -0.4 is 5.43 Å². The molecule has 7 heteroatoms. The molecule has 0 unspecified atom stereocenters. The molecular formula is C9H12ClN5O. The Hall–Kier alpha value is -1.69. The van der Waals surface area contributed by atoms with Crippen LogP contribution in [0.4, 0.5) is 0 Å². The van der Waals surface area contributed by atoms with Gasteiger partial charge in [-0.1, -0.05) is 17.7 Å². The number of pyridine rings is 1. The van der Waals surface area contributed by atoms with Crippen LogP contribution in [0.2, 0.25) is 5.15 Å². The molecular weight excluding hydrogens is 230 g/mol. The fourth-order valence-corrected chi connectivity index (χ4v) is 1.31. The van der Waals surface area contributed by atoms with Crippen molar-refractivity contribution < 1.29 is 0 Å². The lowest BCUT2D eigenvalue weighted by molar-refractivity contribution is 0.478. The predicted molar refractivity (Wildman–Crippen MR) is 63.0 cm³/mol. The first-order chi connectivity index (χ1) is 7.67. The molecule has 1 aromatic rings. The summed E-state index contributed by atoms with van der Waals surface area (Å²) < 4.78 is 0. The third kappa shape index (κ3) is 3.47. The van der Waals surface area contributed by atoms with Gasteiger partial charge in [-0.3, -0.25) is 4.99 Å². The van der Waals surface area contributed by atoms with Crippen LogP contribution >= 0.6 is 11.6 Å². The Balaban J connectivity index is 2.66. The predicted octanol–water partition coefficient (Wildman–Crippen LogP) is 1.42. The molecule has 0 spiro atoms. The molecule has 6 nitrogen and oxygen atoms in total. The number of nitrogens with one attached hydrogen (secondary N) is 1. The van der Waals surface area contributed by atoms with E-state index >= 15 is 0 Å². The second-order valence-electron chi connectivity index (χ2n) is 3.10. The highest BCUT2D eigenvalue weighted by Crippen LogP contribution is 2.07. The van der Waals surface area contributed by atoms with Crippen molar-refractivity contribution in [2.75, 3.05) is 14.1 Å². The van der Waals surface area contributed by atoms with Gasteiger partial charge in [0.15, 0.2) is 0 Å². The van der Waals surface area contributed by atoms with E-state index < -0.39 is 0 Å². The number of hydrogen-bond donors (Lipinski definition) is 1. The molecule has 16 heavy (non-hydrogen) atoms. The quantitative estimate of drug-likeness (QED) is 0.286. The molecule has 0 saturated heterocycles. The summed E-state index contributed by atoms with van der Waals surface area (Å²) in [5.74, 6) is 0.393. The van der Waals surface area contributed by atoms with E-state index in [0.717, 1.165) is 5.56 Å². The number of halogens is 1. The van der Waals surface area contributed by atoms with Crippen molar-refractivity contribution in [2.45, 2.75) is 6.54 Å². The van der Waals surface area contributed by atoms with E-state index in [1.807, 2.05) is 6.07 Å². The highest BCUT2D eigenvalue weighted by molar-refractivity contribution is 6.29. The van der Waals surface area contributed by atoms with Gasteiger partial charge < -0.3 is 4.90 Å². The minimum absolute atomic E-state index is 0.393. The fraction of sp³-hybridized carbons (Fsp3) is 0.333. The molecule has 0 atom stereocenters. The topological polar surface area (TPSA) is 70.0 Å². The first-order valence-corrected chi connectivity index (χ1v) is 4.92. The second kappa shape index (κ2) is 6.02. The van der Waals surface area contributed by atoms with Crippen LogP contribution in [-0.2, 0) is 6.54 Å². The van der Waals surface area contributed by atoms with Crippen molar-refractivity contribution >= 4 is 17.6 Å². The van der Waals surface area contributed by atoms with E-state index in [1.54, 1.807) is 31.3 Å². The Kier molecular flexibility index (Phi) is 4.65. The maximum absolute atomic E-state index is 10.1. The van der Waals surface area contributed by atoms with E-state index in [0.29, 0.717) is 17.7 Å². The lowest BCUT2D eigenvalue weighted by atomic mass is 10.3. The smallest absolute Gasteiger partial charge is 0.217 e. The summed E-state index contributed by atoms with van der Waals surface area (Å²) in [7, 11) is 3.36. The highest BCUT2D eigenvalue weighted by Gasteiger charge is 2.06. The number of rotatable bonds is 3. The van der Waals surface area contributed by atoms with Gasteiger partial charge in [0.05, 0.1) is 5.29 Å². The van der Waals surface area contributed by atoms with Crippen LogP contribution in [0.3, 0.4) is 0 Å². The first kappa shape index (κ1) is 12.4. The van der Waals surface area contributed by atoms with E-state index in [2.05, 4.69) is 20.7 Å². The van der Waals surface area contributed by atoms with Crippen LogP contribution in [0.25, 0.3) is 0 Å². The molecule has 0 aliphatic heterocycles. The van der Waals surface area contributed by atoms with Gasteiger partial charge in [-0.2, -0.15) is 0 Å². The molecule has 0 aromatic carbocycles. The lowest BCUT2D eigenvalue weighted by Crippen LogP contribution is -2.35. The fourth-order valence-electron chi connectivity index (χ4n) is 1.20. The van der Waals surface area contributed by atoms with E-state index in [1.165, 1.54) is 0 Å². The largest absolute Gasteiger partial charge is 0.340 e. The van der Waals surface area contributed by atoms with Gasteiger partial charge in [-0.05, 0) is 11.6 Å². The Morgan fingerprint density at radius 2 is 2.38 bits per heavy atom. The Labute approximate surface area is 98.3 Å². The third-order valence-corrected chi connectivity index (χ3v) is 2.15. The van der Waals surface area contributed by atoms with Crippen molar-refractivity contribution in [1.29, 1.82) is 0 Å². The zero-order chi connectivity index (χ0) is 12.0. The van der Waals surface area contributed by atoms with Gasteiger partial charge in [0.25, 0.3) is 0 Å². The zero-order valence-electron chi connectivity index (χ0n) is 9.01. The molecule has 0 radical (unpaired) electrons. The Morgan fingerprint density at radius 3 is 2.88 bits per heavy atom. The summed E-state index contributed by atoms with van der Waals surface area (Å²) in [4.78, 5) is 19.7.